The van der Waals surface area contributed by atoms with E-state index in [2.05, 4.69) is 22.1 Å². The number of ether oxygens (including phenoxy) is 1. The number of aromatic nitrogens is 2. The highest BCUT2D eigenvalue weighted by molar-refractivity contribution is 7.15. The van der Waals surface area contributed by atoms with Gasteiger partial charge in [0.25, 0.3) is 11.8 Å². The first-order chi connectivity index (χ1) is 18.7. The monoisotopic (exact) mass is 548 g/mol. The second-order valence-electron chi connectivity index (χ2n) is 9.58. The van der Waals surface area contributed by atoms with Gasteiger partial charge in [-0.2, -0.15) is 0 Å². The number of nitrogens with one attached hydrogen (secondary N) is 1. The molecule has 0 spiro atoms. The number of aliphatic hydroxyl groups is 1. The second kappa shape index (κ2) is 9.48. The van der Waals surface area contributed by atoms with Crippen molar-refractivity contribution < 1.29 is 28.2 Å². The van der Waals surface area contributed by atoms with Crippen molar-refractivity contribution in [2.75, 3.05) is 18.6 Å². The van der Waals surface area contributed by atoms with E-state index in [0.717, 1.165) is 18.6 Å². The van der Waals surface area contributed by atoms with Crippen molar-refractivity contribution in [3.05, 3.63) is 70.9 Å². The van der Waals surface area contributed by atoms with Crippen LogP contribution in [0.4, 0.5) is 14.5 Å². The summed E-state index contributed by atoms with van der Waals surface area (Å²) in [6.07, 6.45) is 3.68. The fourth-order valence-corrected chi connectivity index (χ4v) is 5.39. The number of nitrogens with zero attached hydrogens (tertiary/aromatic N) is 3. The van der Waals surface area contributed by atoms with E-state index >= 15 is 0 Å². The van der Waals surface area contributed by atoms with Crippen LogP contribution >= 0.6 is 11.3 Å². The van der Waals surface area contributed by atoms with Gasteiger partial charge in [0, 0.05) is 35.8 Å². The fraction of sp³-hybridized carbons (Fsp3) is 0.250. The number of anilines is 1. The lowest BCUT2D eigenvalue weighted by Crippen LogP contribution is -2.49. The molecule has 2 aliphatic rings. The number of likely N-dealkylation sites (N-methyl/N-ethyl adjacent to an activating group) is 1. The maximum atomic E-state index is 14.4. The zero-order valence-corrected chi connectivity index (χ0v) is 21.5. The molecule has 1 atom stereocenters. The number of halogens is 2. The summed E-state index contributed by atoms with van der Waals surface area (Å²) < 4.78 is 35.1. The van der Waals surface area contributed by atoms with Crippen LogP contribution < -0.4 is 15.0 Å². The minimum Gasteiger partial charge on any atom is -0.489 e. The molecule has 4 aromatic rings. The molecule has 6 rings (SSSR count). The number of carbonyl (C=O) groups excluding carboxylic acids is 2. The van der Waals surface area contributed by atoms with E-state index in [1.54, 1.807) is 35.0 Å². The Hall–Kier alpha value is -4.27. The lowest BCUT2D eigenvalue weighted by atomic mass is 9.81. The van der Waals surface area contributed by atoms with Crippen LogP contribution in [-0.4, -0.2) is 51.6 Å². The molecule has 2 aromatic heterocycles. The lowest BCUT2D eigenvalue weighted by molar-refractivity contribution is -0.120. The molecular weight excluding hydrogens is 526 g/mol. The van der Waals surface area contributed by atoms with Crippen LogP contribution in [0.1, 0.15) is 35.3 Å². The average Bonchev–Trinajstić information content (AvgIpc) is 3.47. The Labute approximate surface area is 225 Å². The summed E-state index contributed by atoms with van der Waals surface area (Å²) in [5, 5.41) is 14.6. The van der Waals surface area contributed by atoms with Crippen molar-refractivity contribution in [1.29, 1.82) is 0 Å². The van der Waals surface area contributed by atoms with E-state index in [-0.39, 0.29) is 23.8 Å². The van der Waals surface area contributed by atoms with Crippen molar-refractivity contribution >= 4 is 33.8 Å². The van der Waals surface area contributed by atoms with Crippen molar-refractivity contribution in [3.63, 3.8) is 0 Å². The van der Waals surface area contributed by atoms with Crippen LogP contribution in [0.5, 0.6) is 5.75 Å². The van der Waals surface area contributed by atoms with Gasteiger partial charge in [-0.05, 0) is 49.6 Å². The Kier molecular flexibility index (Phi) is 6.09. The van der Waals surface area contributed by atoms with Crippen LogP contribution in [-0.2, 0) is 4.79 Å². The van der Waals surface area contributed by atoms with Gasteiger partial charge >= 0.3 is 0 Å². The molecule has 1 aliphatic heterocycles. The fourth-order valence-electron chi connectivity index (χ4n) is 4.52. The van der Waals surface area contributed by atoms with Crippen LogP contribution in [0, 0.1) is 23.5 Å². The van der Waals surface area contributed by atoms with Gasteiger partial charge in [-0.3, -0.25) is 14.0 Å². The molecule has 1 aliphatic carbocycles. The summed E-state index contributed by atoms with van der Waals surface area (Å²) in [5.74, 6) is 3.93. The molecule has 39 heavy (non-hydrogen) atoms. The normalized spacial score (nSPS) is 17.9. The minimum atomic E-state index is -0.992. The van der Waals surface area contributed by atoms with E-state index in [9.17, 15) is 23.5 Å². The topological polar surface area (TPSA) is 96.2 Å². The molecule has 1 saturated carbocycles. The number of hydrogen-bond donors (Lipinski definition) is 2. The Morgan fingerprint density at radius 1 is 1.26 bits per heavy atom. The maximum Gasteiger partial charge on any atom is 0.272 e. The predicted octanol–water partition coefficient (Wildman–Crippen LogP) is 3.76. The summed E-state index contributed by atoms with van der Waals surface area (Å²) >= 11 is 1.20. The third-order valence-corrected chi connectivity index (χ3v) is 7.77. The van der Waals surface area contributed by atoms with Crippen molar-refractivity contribution in [1.82, 2.24) is 14.7 Å². The minimum absolute atomic E-state index is 0.0364. The molecule has 2 amide bonds. The zero-order valence-electron chi connectivity index (χ0n) is 20.7. The quantitative estimate of drug-likeness (QED) is 0.380. The number of rotatable bonds is 3. The predicted molar refractivity (Wildman–Crippen MR) is 141 cm³/mol. The molecule has 0 radical (unpaired) electrons. The van der Waals surface area contributed by atoms with E-state index in [0.29, 0.717) is 40.5 Å². The average molecular weight is 549 g/mol. The van der Waals surface area contributed by atoms with Gasteiger partial charge in [-0.15, -0.1) is 11.3 Å². The van der Waals surface area contributed by atoms with Gasteiger partial charge in [0.2, 0.25) is 0 Å². The Morgan fingerprint density at radius 3 is 2.82 bits per heavy atom. The summed E-state index contributed by atoms with van der Waals surface area (Å²) in [6.45, 7) is -0.0963. The third-order valence-electron chi connectivity index (χ3n) is 6.93. The number of carbonyl (C=O) groups is 2. The third kappa shape index (κ3) is 4.62. The van der Waals surface area contributed by atoms with Gasteiger partial charge in [0.15, 0.2) is 4.96 Å². The molecule has 3 heterocycles. The molecule has 198 valence electrons. The van der Waals surface area contributed by atoms with E-state index in [1.165, 1.54) is 28.5 Å². The molecule has 2 N–H and O–H groups in total. The smallest absolute Gasteiger partial charge is 0.272 e. The van der Waals surface area contributed by atoms with Crippen LogP contribution in [0.25, 0.3) is 16.2 Å². The number of hydrogen-bond acceptors (Lipinski definition) is 6. The first kappa shape index (κ1) is 25.0. The lowest BCUT2D eigenvalue weighted by Gasteiger charge is -2.30. The molecule has 2 aromatic carbocycles. The first-order valence-corrected chi connectivity index (χ1v) is 13.1. The SMILES string of the molecule is CN1C(=O)[C@@H](NC(=O)c2cn3c(-c4ccc(F)cc4F)csc3n2)COc2ccc(C#CC3(O)CCC3)cc21. The molecule has 1 fully saturated rings. The Balaban J connectivity index is 1.20. The molecule has 0 unspecified atom stereocenters. The zero-order chi connectivity index (χ0) is 27.3. The number of fused-ring (bicyclic) bond motifs is 2. The molecule has 8 nitrogen and oxygen atoms in total. The number of thiazole rings is 1. The van der Waals surface area contributed by atoms with E-state index in [4.69, 9.17) is 4.74 Å². The van der Waals surface area contributed by atoms with Gasteiger partial charge < -0.3 is 20.1 Å². The summed E-state index contributed by atoms with van der Waals surface area (Å²) in [5.41, 5.74) is 0.810. The van der Waals surface area contributed by atoms with E-state index < -0.39 is 29.2 Å². The van der Waals surface area contributed by atoms with Crippen LogP contribution in [0.3, 0.4) is 0 Å². The molecule has 0 bridgehead atoms. The van der Waals surface area contributed by atoms with Gasteiger partial charge in [-0.25, -0.2) is 13.8 Å². The summed E-state index contributed by atoms with van der Waals surface area (Å²) in [6, 6.07) is 7.46. The molecular formula is C28H22F2N4O4S. The number of amides is 2. The van der Waals surface area contributed by atoms with E-state index in [1.807, 2.05) is 0 Å². The van der Waals surface area contributed by atoms with Crippen LogP contribution in [0.2, 0.25) is 0 Å². The first-order valence-electron chi connectivity index (χ1n) is 12.2. The van der Waals surface area contributed by atoms with Gasteiger partial charge in [-0.1, -0.05) is 11.8 Å². The van der Waals surface area contributed by atoms with Crippen molar-refractivity contribution in [2.24, 2.45) is 0 Å². The molecule has 11 heteroatoms. The highest BCUT2D eigenvalue weighted by Gasteiger charge is 2.33. The summed E-state index contributed by atoms with van der Waals surface area (Å²) in [7, 11) is 1.59. The van der Waals surface area contributed by atoms with Crippen LogP contribution in [0.15, 0.2) is 48.0 Å². The standard InChI is InChI=1S/C28H22F2N4O4S/c1-33-22-11-16(7-10-28(37)8-2-9-28)3-6-24(22)38-14-21(26(33)36)31-25(35)20-13-34-23(15-39-27(34)32-20)18-5-4-17(29)12-19(18)30/h3-6,11-13,15,21,37H,2,8-9,14H2,1H3,(H,31,35)/t21-/m0/s1. The van der Waals surface area contributed by atoms with Gasteiger partial charge in [0.05, 0.1) is 11.4 Å². The number of imidazole rings is 1. The van der Waals surface area contributed by atoms with Crippen molar-refractivity contribution in [3.8, 4) is 28.8 Å². The Bertz CT molecular complexity index is 1700. The Morgan fingerprint density at radius 2 is 2.08 bits per heavy atom. The second-order valence-corrected chi connectivity index (χ2v) is 10.4. The highest BCUT2D eigenvalue weighted by atomic mass is 32.1. The molecule has 0 saturated heterocycles. The maximum absolute atomic E-state index is 14.4. The van der Waals surface area contributed by atoms with Gasteiger partial charge in [0.1, 0.15) is 41.3 Å². The largest absolute Gasteiger partial charge is 0.489 e. The summed E-state index contributed by atoms with van der Waals surface area (Å²) in [4.78, 5) is 32.5. The van der Waals surface area contributed by atoms with Crippen molar-refractivity contribution in [2.45, 2.75) is 30.9 Å². The highest BCUT2D eigenvalue weighted by Crippen LogP contribution is 2.33. The number of benzene rings is 2.